The number of carbonyl (C=O) groups excluding carboxylic acids is 1. The summed E-state index contributed by atoms with van der Waals surface area (Å²) < 4.78 is 28.9. The van der Waals surface area contributed by atoms with Gasteiger partial charge in [0.25, 0.3) is 0 Å². The summed E-state index contributed by atoms with van der Waals surface area (Å²) in [6.45, 7) is 0.628. The molecule has 1 aliphatic heterocycles. The Morgan fingerprint density at radius 3 is 2.89 bits per heavy atom. The van der Waals surface area contributed by atoms with Gasteiger partial charge in [0.05, 0.1) is 11.6 Å². The molecule has 0 amide bonds. The fourth-order valence-corrected chi connectivity index (χ4v) is 2.12. The lowest BCUT2D eigenvalue weighted by Gasteiger charge is -2.22. The summed E-state index contributed by atoms with van der Waals surface area (Å²) >= 11 is 3.01. The van der Waals surface area contributed by atoms with Gasteiger partial charge in [-0.25, -0.2) is 9.18 Å². The topological polar surface area (TPSA) is 65.0 Å². The number of hydrogen-bond acceptors (Lipinski definition) is 5. The van der Waals surface area contributed by atoms with Gasteiger partial charge in [-0.15, -0.1) is 0 Å². The van der Waals surface area contributed by atoms with Gasteiger partial charge in [-0.3, -0.25) is 0 Å². The molecule has 1 unspecified atom stereocenters. The molecule has 1 heterocycles. The number of aliphatic hydroxyl groups excluding tert-OH is 1. The molecular formula is C11H10BrFO5. The van der Waals surface area contributed by atoms with Crippen LogP contribution in [0.3, 0.4) is 0 Å². The van der Waals surface area contributed by atoms with E-state index in [1.165, 1.54) is 6.07 Å². The van der Waals surface area contributed by atoms with Crippen molar-refractivity contribution < 1.29 is 28.5 Å². The van der Waals surface area contributed by atoms with Crippen molar-refractivity contribution in [2.45, 2.75) is 6.10 Å². The lowest BCUT2D eigenvalue weighted by atomic mass is 10.1. The van der Waals surface area contributed by atoms with E-state index in [9.17, 15) is 14.3 Å². The maximum absolute atomic E-state index is 14.0. The summed E-state index contributed by atoms with van der Waals surface area (Å²) in [4.78, 5) is 11.2. The average molecular weight is 321 g/mol. The van der Waals surface area contributed by atoms with Gasteiger partial charge in [0, 0.05) is 5.56 Å². The van der Waals surface area contributed by atoms with Gasteiger partial charge < -0.3 is 19.3 Å². The quantitative estimate of drug-likeness (QED) is 0.838. The van der Waals surface area contributed by atoms with Crippen molar-refractivity contribution in [1.82, 2.24) is 0 Å². The van der Waals surface area contributed by atoms with E-state index < -0.39 is 17.9 Å². The van der Waals surface area contributed by atoms with Crippen molar-refractivity contribution in [2.75, 3.05) is 20.3 Å². The number of aliphatic hydroxyl groups is 1. The van der Waals surface area contributed by atoms with Crippen molar-refractivity contribution in [3.8, 4) is 11.5 Å². The van der Waals surface area contributed by atoms with Crippen LogP contribution in [0.15, 0.2) is 10.5 Å². The van der Waals surface area contributed by atoms with Crippen molar-refractivity contribution in [3.05, 3.63) is 21.9 Å². The lowest BCUT2D eigenvalue weighted by Crippen LogP contribution is -2.19. The normalized spacial score (nSPS) is 15.1. The van der Waals surface area contributed by atoms with Crippen LogP contribution in [0.5, 0.6) is 11.5 Å². The lowest BCUT2D eigenvalue weighted by molar-refractivity contribution is -0.150. The number of esters is 1. The fraction of sp³-hybridized carbons (Fsp3) is 0.364. The Kier molecular flexibility index (Phi) is 3.72. The van der Waals surface area contributed by atoms with E-state index in [0.29, 0.717) is 13.2 Å². The predicted molar refractivity (Wildman–Crippen MR) is 62.1 cm³/mol. The highest BCUT2D eigenvalue weighted by Crippen LogP contribution is 2.42. The largest absolute Gasteiger partial charge is 0.486 e. The third-order valence-electron chi connectivity index (χ3n) is 2.46. The van der Waals surface area contributed by atoms with Crippen LogP contribution < -0.4 is 9.47 Å². The van der Waals surface area contributed by atoms with Crippen LogP contribution in [0, 0.1) is 5.82 Å². The Morgan fingerprint density at radius 1 is 1.56 bits per heavy atom. The highest BCUT2D eigenvalue weighted by atomic mass is 79.9. The van der Waals surface area contributed by atoms with Gasteiger partial charge >= 0.3 is 5.97 Å². The molecule has 0 aliphatic carbocycles. The molecule has 2 rings (SSSR count). The van der Waals surface area contributed by atoms with Crippen LogP contribution in [0.4, 0.5) is 4.39 Å². The summed E-state index contributed by atoms with van der Waals surface area (Å²) in [6, 6.07) is 1.23. The van der Waals surface area contributed by atoms with Gasteiger partial charge in [-0.05, 0) is 22.0 Å². The van der Waals surface area contributed by atoms with E-state index in [2.05, 4.69) is 20.7 Å². The summed E-state index contributed by atoms with van der Waals surface area (Å²) in [7, 11) is 1.11. The number of rotatable bonds is 2. The minimum Gasteiger partial charge on any atom is -0.486 e. The number of halogens is 2. The molecule has 98 valence electrons. The van der Waals surface area contributed by atoms with Crippen LogP contribution in [-0.4, -0.2) is 31.4 Å². The standard InChI is InChI=1S/C11H10BrFO5/c1-16-11(15)9(14)5-4-6-10(7(12)8(5)13)18-3-2-17-6/h4,9,14H,2-3H2,1H3. The van der Waals surface area contributed by atoms with Crippen molar-refractivity contribution in [2.24, 2.45) is 0 Å². The summed E-state index contributed by atoms with van der Waals surface area (Å²) in [5, 5.41) is 9.66. The van der Waals surface area contributed by atoms with Crippen LogP contribution in [0.25, 0.3) is 0 Å². The minimum absolute atomic E-state index is 0.0117. The fourth-order valence-electron chi connectivity index (χ4n) is 1.58. The molecule has 1 N–H and O–H groups in total. The first-order chi connectivity index (χ1) is 8.56. The smallest absolute Gasteiger partial charge is 0.339 e. The molecule has 0 spiro atoms. The molecule has 0 saturated heterocycles. The molecule has 0 fully saturated rings. The Bertz CT molecular complexity index is 491. The highest BCUT2D eigenvalue weighted by molar-refractivity contribution is 9.10. The SMILES string of the molecule is COC(=O)C(O)c1cc2c(c(Br)c1F)OCCO2. The predicted octanol–water partition coefficient (Wildman–Crippen LogP) is 1.57. The second-order valence-electron chi connectivity index (χ2n) is 3.54. The Labute approximate surface area is 111 Å². The third-order valence-corrected chi connectivity index (χ3v) is 3.17. The zero-order valence-corrected chi connectivity index (χ0v) is 11.0. The number of benzene rings is 1. The molecule has 5 nitrogen and oxygen atoms in total. The number of methoxy groups -OCH3 is 1. The van der Waals surface area contributed by atoms with Crippen LogP contribution in [0.1, 0.15) is 11.7 Å². The van der Waals surface area contributed by atoms with Crippen molar-refractivity contribution in [1.29, 1.82) is 0 Å². The van der Waals surface area contributed by atoms with E-state index in [-0.39, 0.29) is 21.5 Å². The summed E-state index contributed by atoms with van der Waals surface area (Å²) in [5.74, 6) is -1.23. The van der Waals surface area contributed by atoms with Gasteiger partial charge in [0.2, 0.25) is 0 Å². The second-order valence-corrected chi connectivity index (χ2v) is 4.34. The molecule has 0 bridgehead atoms. The summed E-state index contributed by atoms with van der Waals surface area (Å²) in [5.41, 5.74) is -0.224. The molecule has 1 aliphatic rings. The van der Waals surface area contributed by atoms with E-state index in [4.69, 9.17) is 9.47 Å². The number of carbonyl (C=O) groups is 1. The maximum Gasteiger partial charge on any atom is 0.339 e. The maximum atomic E-state index is 14.0. The molecule has 0 radical (unpaired) electrons. The average Bonchev–Trinajstić information content (AvgIpc) is 2.41. The molecule has 18 heavy (non-hydrogen) atoms. The first-order valence-corrected chi connectivity index (χ1v) is 5.89. The zero-order chi connectivity index (χ0) is 13.3. The Morgan fingerprint density at radius 2 is 2.22 bits per heavy atom. The van der Waals surface area contributed by atoms with Crippen LogP contribution >= 0.6 is 15.9 Å². The van der Waals surface area contributed by atoms with Crippen LogP contribution in [-0.2, 0) is 9.53 Å². The third kappa shape index (κ3) is 2.15. The van der Waals surface area contributed by atoms with E-state index in [1.54, 1.807) is 0 Å². The molecule has 7 heteroatoms. The van der Waals surface area contributed by atoms with E-state index >= 15 is 0 Å². The first kappa shape index (κ1) is 13.1. The Balaban J connectivity index is 2.49. The number of hydrogen-bond donors (Lipinski definition) is 1. The second kappa shape index (κ2) is 5.11. The molecule has 1 atom stereocenters. The van der Waals surface area contributed by atoms with Gasteiger partial charge in [-0.1, -0.05) is 0 Å². The molecule has 1 aromatic rings. The zero-order valence-electron chi connectivity index (χ0n) is 9.41. The molecule has 1 aromatic carbocycles. The molecular weight excluding hydrogens is 311 g/mol. The highest BCUT2D eigenvalue weighted by Gasteiger charge is 2.28. The van der Waals surface area contributed by atoms with E-state index in [0.717, 1.165) is 7.11 Å². The minimum atomic E-state index is -1.71. The van der Waals surface area contributed by atoms with Crippen molar-refractivity contribution in [3.63, 3.8) is 0 Å². The first-order valence-electron chi connectivity index (χ1n) is 5.09. The molecule has 0 aromatic heterocycles. The van der Waals surface area contributed by atoms with Gasteiger partial charge in [0.1, 0.15) is 19.0 Å². The van der Waals surface area contributed by atoms with Crippen molar-refractivity contribution >= 4 is 21.9 Å². The van der Waals surface area contributed by atoms with Gasteiger partial charge in [0.15, 0.2) is 17.6 Å². The number of ether oxygens (including phenoxy) is 3. The Hall–Kier alpha value is -1.34. The van der Waals surface area contributed by atoms with Crippen LogP contribution in [0.2, 0.25) is 0 Å². The summed E-state index contributed by atoms with van der Waals surface area (Å²) in [6.07, 6.45) is -1.71. The van der Waals surface area contributed by atoms with Gasteiger partial charge in [-0.2, -0.15) is 0 Å². The van der Waals surface area contributed by atoms with E-state index in [1.807, 2.05) is 0 Å². The number of fused-ring (bicyclic) bond motifs is 1. The molecule has 0 saturated carbocycles. The monoisotopic (exact) mass is 320 g/mol.